The molecule has 2 amide bonds. The van der Waals surface area contributed by atoms with Crippen molar-refractivity contribution in [1.29, 1.82) is 0 Å². The number of unbranched alkanes of at least 4 members (excludes halogenated alkanes) is 4. The molecule has 0 N–H and O–H groups in total. The molecule has 0 bridgehead atoms. The number of hydrogen-bond donors (Lipinski definition) is 0. The molecule has 2 aromatic rings. The van der Waals surface area contributed by atoms with Crippen LogP contribution in [0.3, 0.4) is 0 Å². The van der Waals surface area contributed by atoms with Crippen LogP contribution in [0.5, 0.6) is 0 Å². The maximum absolute atomic E-state index is 13.3. The monoisotopic (exact) mass is 440 g/mol. The molecule has 0 radical (unpaired) electrons. The Morgan fingerprint density at radius 1 is 0.938 bits per heavy atom. The Morgan fingerprint density at radius 3 is 2.34 bits per heavy atom. The summed E-state index contributed by atoms with van der Waals surface area (Å²) in [4.78, 5) is 29.9. The van der Waals surface area contributed by atoms with Gasteiger partial charge in [-0.15, -0.1) is 0 Å². The Kier molecular flexibility index (Phi) is 11.6. The van der Waals surface area contributed by atoms with E-state index in [0.29, 0.717) is 19.5 Å². The van der Waals surface area contributed by atoms with Gasteiger partial charge in [0.15, 0.2) is 0 Å². The highest BCUT2D eigenvalue weighted by molar-refractivity contribution is 5.85. The zero-order valence-corrected chi connectivity index (χ0v) is 20.1. The molecule has 0 saturated heterocycles. The van der Waals surface area contributed by atoms with Gasteiger partial charge < -0.3 is 14.2 Å². The van der Waals surface area contributed by atoms with E-state index in [2.05, 4.69) is 26.0 Å². The van der Waals surface area contributed by atoms with Gasteiger partial charge in [0.2, 0.25) is 11.8 Å². The molecular weight excluding hydrogens is 400 g/mol. The smallest absolute Gasteiger partial charge is 0.242 e. The quantitative estimate of drug-likeness (QED) is 0.327. The summed E-state index contributed by atoms with van der Waals surface area (Å²) in [6.07, 6.45) is 9.28. The molecule has 1 aromatic carbocycles. The van der Waals surface area contributed by atoms with Crippen molar-refractivity contribution in [1.82, 2.24) is 9.80 Å². The fourth-order valence-corrected chi connectivity index (χ4v) is 3.77. The highest BCUT2D eigenvalue weighted by Crippen LogP contribution is 2.14. The maximum atomic E-state index is 13.3. The minimum atomic E-state index is -0.0306. The van der Waals surface area contributed by atoms with Crippen LogP contribution >= 0.6 is 0 Å². The summed E-state index contributed by atoms with van der Waals surface area (Å²) in [6.45, 7) is 7.41. The third-order valence-corrected chi connectivity index (χ3v) is 6.04. The van der Waals surface area contributed by atoms with Crippen LogP contribution in [0.4, 0.5) is 0 Å². The molecule has 176 valence electrons. The number of benzene rings is 1. The molecule has 0 aliphatic rings. The minimum absolute atomic E-state index is 0.0306. The number of carbonyl (C=O) groups is 2. The fraction of sp³-hybridized carbons (Fsp3) is 0.556. The standard InChI is InChI=1S/C27H40N2O3/c1-4-6-7-8-12-17-26(30)29(23(3)5-2)22-27(31)28(21-25-16-13-20-32-25)19-18-24-14-10-9-11-15-24/h9-11,13-16,20,23H,4-8,12,17-19,21-22H2,1-3H3/t23-/m0/s1. The van der Waals surface area contributed by atoms with E-state index in [1.165, 1.54) is 24.8 Å². The van der Waals surface area contributed by atoms with Crippen LogP contribution in [0, 0.1) is 0 Å². The van der Waals surface area contributed by atoms with Crippen LogP contribution < -0.4 is 0 Å². The van der Waals surface area contributed by atoms with Gasteiger partial charge in [-0.05, 0) is 43.9 Å². The van der Waals surface area contributed by atoms with E-state index < -0.39 is 0 Å². The number of hydrogen-bond acceptors (Lipinski definition) is 3. The van der Waals surface area contributed by atoms with Gasteiger partial charge in [-0.1, -0.05) is 69.9 Å². The van der Waals surface area contributed by atoms with E-state index in [-0.39, 0.29) is 24.4 Å². The van der Waals surface area contributed by atoms with Crippen molar-refractivity contribution in [2.45, 2.75) is 84.7 Å². The van der Waals surface area contributed by atoms with Crippen molar-refractivity contribution in [2.75, 3.05) is 13.1 Å². The first-order valence-corrected chi connectivity index (χ1v) is 12.2. The molecule has 1 heterocycles. The molecule has 0 aliphatic carbocycles. The zero-order chi connectivity index (χ0) is 23.2. The lowest BCUT2D eigenvalue weighted by Gasteiger charge is -2.31. The van der Waals surface area contributed by atoms with Crippen molar-refractivity contribution in [3.8, 4) is 0 Å². The highest BCUT2D eigenvalue weighted by atomic mass is 16.3. The predicted octanol–water partition coefficient (Wildman–Crippen LogP) is 5.84. The van der Waals surface area contributed by atoms with Crippen molar-refractivity contribution in [3.05, 3.63) is 60.1 Å². The highest BCUT2D eigenvalue weighted by Gasteiger charge is 2.25. The van der Waals surface area contributed by atoms with Crippen molar-refractivity contribution >= 4 is 11.8 Å². The van der Waals surface area contributed by atoms with Gasteiger partial charge in [0, 0.05) is 19.0 Å². The summed E-state index contributed by atoms with van der Waals surface area (Å²) in [5, 5.41) is 0. The SMILES string of the molecule is CCCCCCCC(=O)N(CC(=O)N(CCc1ccccc1)Cc1ccco1)[C@@H](C)CC. The minimum Gasteiger partial charge on any atom is -0.467 e. The van der Waals surface area contributed by atoms with Gasteiger partial charge >= 0.3 is 0 Å². The summed E-state index contributed by atoms with van der Waals surface area (Å²) in [5.41, 5.74) is 1.19. The van der Waals surface area contributed by atoms with Crippen LogP contribution in [-0.4, -0.2) is 40.7 Å². The number of carbonyl (C=O) groups excluding carboxylic acids is 2. The average Bonchev–Trinajstić information content (AvgIpc) is 3.33. The normalized spacial score (nSPS) is 11.8. The van der Waals surface area contributed by atoms with Crippen LogP contribution in [0.15, 0.2) is 53.1 Å². The summed E-state index contributed by atoms with van der Waals surface area (Å²) < 4.78 is 5.50. The third-order valence-electron chi connectivity index (χ3n) is 6.04. The molecule has 2 rings (SSSR count). The largest absolute Gasteiger partial charge is 0.467 e. The van der Waals surface area contributed by atoms with Gasteiger partial charge in [-0.2, -0.15) is 0 Å². The summed E-state index contributed by atoms with van der Waals surface area (Å²) in [5.74, 6) is 0.811. The van der Waals surface area contributed by atoms with Crippen LogP contribution in [0.2, 0.25) is 0 Å². The average molecular weight is 441 g/mol. The Bertz CT molecular complexity index is 773. The van der Waals surface area contributed by atoms with E-state index in [1.54, 1.807) is 11.2 Å². The molecule has 0 unspecified atom stereocenters. The van der Waals surface area contributed by atoms with Crippen LogP contribution in [0.25, 0.3) is 0 Å². The first-order valence-electron chi connectivity index (χ1n) is 12.2. The molecular formula is C27H40N2O3. The molecule has 5 nitrogen and oxygen atoms in total. The number of furan rings is 1. The zero-order valence-electron chi connectivity index (χ0n) is 20.1. The maximum Gasteiger partial charge on any atom is 0.242 e. The molecule has 0 fully saturated rings. The van der Waals surface area contributed by atoms with E-state index in [4.69, 9.17) is 4.42 Å². The second kappa shape index (κ2) is 14.5. The van der Waals surface area contributed by atoms with Gasteiger partial charge in [0.25, 0.3) is 0 Å². The lowest BCUT2D eigenvalue weighted by molar-refractivity contribution is -0.142. The molecule has 0 saturated carbocycles. The molecule has 1 aromatic heterocycles. The van der Waals surface area contributed by atoms with Gasteiger partial charge in [0.1, 0.15) is 12.3 Å². The third kappa shape index (κ3) is 8.89. The van der Waals surface area contributed by atoms with E-state index in [0.717, 1.165) is 31.4 Å². The second-order valence-electron chi connectivity index (χ2n) is 8.57. The van der Waals surface area contributed by atoms with Gasteiger partial charge in [-0.25, -0.2) is 0 Å². The number of rotatable bonds is 15. The summed E-state index contributed by atoms with van der Waals surface area (Å²) in [6, 6.07) is 13.9. The van der Waals surface area contributed by atoms with E-state index in [1.807, 2.05) is 42.2 Å². The lowest BCUT2D eigenvalue weighted by atomic mass is 10.1. The first kappa shape index (κ1) is 25.7. The molecule has 0 spiro atoms. The van der Waals surface area contributed by atoms with Crippen molar-refractivity contribution < 1.29 is 14.0 Å². The topological polar surface area (TPSA) is 53.8 Å². The Balaban J connectivity index is 2.02. The van der Waals surface area contributed by atoms with E-state index in [9.17, 15) is 9.59 Å². The summed E-state index contributed by atoms with van der Waals surface area (Å²) >= 11 is 0. The Labute approximate surface area is 193 Å². The molecule has 1 atom stereocenters. The Hall–Kier alpha value is -2.56. The predicted molar refractivity (Wildman–Crippen MR) is 129 cm³/mol. The molecule has 32 heavy (non-hydrogen) atoms. The van der Waals surface area contributed by atoms with Gasteiger partial charge in [-0.3, -0.25) is 9.59 Å². The molecule has 0 aliphatic heterocycles. The number of nitrogens with zero attached hydrogens (tertiary/aromatic N) is 2. The van der Waals surface area contributed by atoms with Crippen molar-refractivity contribution in [2.24, 2.45) is 0 Å². The second-order valence-corrected chi connectivity index (χ2v) is 8.57. The summed E-state index contributed by atoms with van der Waals surface area (Å²) in [7, 11) is 0. The fourth-order valence-electron chi connectivity index (χ4n) is 3.77. The van der Waals surface area contributed by atoms with Gasteiger partial charge in [0.05, 0.1) is 12.8 Å². The van der Waals surface area contributed by atoms with Crippen molar-refractivity contribution in [3.63, 3.8) is 0 Å². The first-order chi connectivity index (χ1) is 15.5. The lowest BCUT2D eigenvalue weighted by Crippen LogP contribution is -2.46. The van der Waals surface area contributed by atoms with E-state index >= 15 is 0 Å². The van der Waals surface area contributed by atoms with Crippen LogP contribution in [0.1, 0.15) is 77.0 Å². The molecule has 5 heteroatoms. The number of amides is 2. The van der Waals surface area contributed by atoms with Crippen LogP contribution in [-0.2, 0) is 22.6 Å². The Morgan fingerprint density at radius 2 is 1.69 bits per heavy atom.